The highest BCUT2D eigenvalue weighted by molar-refractivity contribution is 5.79. The summed E-state index contributed by atoms with van der Waals surface area (Å²) in [6.07, 6.45) is 7.61. The molecule has 5 rings (SSSR count). The number of fused-ring (bicyclic) bond motifs is 1. The highest BCUT2D eigenvalue weighted by atomic mass is 16.1. The highest BCUT2D eigenvalue weighted by Crippen LogP contribution is 2.34. The lowest BCUT2D eigenvalue weighted by atomic mass is 10.0. The topological polar surface area (TPSA) is 79.7 Å². The molecule has 2 aromatic carbocycles. The monoisotopic (exact) mass is 484 g/mol. The fraction of sp³-hybridized carbons (Fsp3) is 0.448. The summed E-state index contributed by atoms with van der Waals surface area (Å²) in [4.78, 5) is 18.8. The summed E-state index contributed by atoms with van der Waals surface area (Å²) in [6.45, 7) is 5.59. The lowest BCUT2D eigenvalue weighted by Crippen LogP contribution is -2.39. The molecule has 0 radical (unpaired) electrons. The normalized spacial score (nSPS) is 15.2. The molecule has 1 atom stereocenters. The molecular formula is C29H36N6O. The van der Waals surface area contributed by atoms with Crippen molar-refractivity contribution < 1.29 is 0 Å². The van der Waals surface area contributed by atoms with Gasteiger partial charge in [-0.25, -0.2) is 4.68 Å². The van der Waals surface area contributed by atoms with Crippen LogP contribution >= 0.6 is 0 Å². The van der Waals surface area contributed by atoms with Gasteiger partial charge in [-0.2, -0.15) is 0 Å². The third-order valence-electron chi connectivity index (χ3n) is 7.50. The molecular weight excluding hydrogens is 448 g/mol. The van der Waals surface area contributed by atoms with Gasteiger partial charge in [0, 0.05) is 30.2 Å². The number of aromatic amines is 1. The Kier molecular flexibility index (Phi) is 7.56. The molecule has 0 bridgehead atoms. The molecule has 1 aliphatic carbocycles. The number of nitrogens with one attached hydrogen (secondary N) is 1. The minimum Gasteiger partial charge on any atom is -0.322 e. The molecule has 7 heteroatoms. The van der Waals surface area contributed by atoms with E-state index in [0.29, 0.717) is 12.6 Å². The first kappa shape index (κ1) is 24.4. The molecule has 1 fully saturated rings. The number of tetrazole rings is 1. The highest BCUT2D eigenvalue weighted by Gasteiger charge is 2.33. The number of H-pyrrole nitrogens is 1. The van der Waals surface area contributed by atoms with Crippen LogP contribution in [0.3, 0.4) is 0 Å². The summed E-state index contributed by atoms with van der Waals surface area (Å²) in [7, 11) is 0. The zero-order valence-electron chi connectivity index (χ0n) is 21.4. The smallest absolute Gasteiger partial charge is 0.252 e. The van der Waals surface area contributed by atoms with Gasteiger partial charge in [-0.15, -0.1) is 5.10 Å². The quantitative estimate of drug-likeness (QED) is 0.328. The predicted octanol–water partition coefficient (Wildman–Crippen LogP) is 5.35. The van der Waals surface area contributed by atoms with E-state index in [9.17, 15) is 4.79 Å². The number of aryl methyl sites for hydroxylation is 3. The zero-order chi connectivity index (χ0) is 24.9. The second kappa shape index (κ2) is 11.2. The molecule has 2 aromatic heterocycles. The van der Waals surface area contributed by atoms with Crippen molar-refractivity contribution in [3.05, 3.63) is 87.5 Å². The molecule has 36 heavy (non-hydrogen) atoms. The lowest BCUT2D eigenvalue weighted by molar-refractivity contribution is 0.108. The standard InChI is InChI=1S/C29H36N6O/c1-3-9-27(28-31-32-33-35(28)17-16-22-10-5-4-6-11-22)34(25-12-7-8-13-25)20-24-19-23-15-14-21(2)18-26(23)30-29(24)36/h4-6,10-11,14-15,18-19,25,27H,3,7-9,12-13,16-17,20H2,1-2H3,(H,30,36). The largest absolute Gasteiger partial charge is 0.322 e. The van der Waals surface area contributed by atoms with Crippen LogP contribution in [0.2, 0.25) is 0 Å². The van der Waals surface area contributed by atoms with Crippen molar-refractivity contribution in [2.75, 3.05) is 0 Å². The van der Waals surface area contributed by atoms with Gasteiger partial charge in [0.05, 0.1) is 6.04 Å². The van der Waals surface area contributed by atoms with Crippen molar-refractivity contribution in [1.29, 1.82) is 0 Å². The van der Waals surface area contributed by atoms with Crippen LogP contribution in [-0.2, 0) is 19.5 Å². The number of pyridine rings is 1. The van der Waals surface area contributed by atoms with Crippen LogP contribution in [0.15, 0.2) is 59.4 Å². The number of benzene rings is 2. The Morgan fingerprint density at radius 1 is 1.11 bits per heavy atom. The van der Waals surface area contributed by atoms with Crippen LogP contribution in [0.5, 0.6) is 0 Å². The third-order valence-corrected chi connectivity index (χ3v) is 7.50. The molecule has 1 saturated carbocycles. The first-order valence-electron chi connectivity index (χ1n) is 13.3. The Morgan fingerprint density at radius 3 is 2.69 bits per heavy atom. The summed E-state index contributed by atoms with van der Waals surface area (Å²) in [5, 5.41) is 14.1. The molecule has 0 saturated heterocycles. The molecule has 4 aromatic rings. The predicted molar refractivity (Wildman–Crippen MR) is 143 cm³/mol. The molecule has 188 valence electrons. The van der Waals surface area contributed by atoms with Crippen LogP contribution in [0.25, 0.3) is 10.9 Å². The van der Waals surface area contributed by atoms with Crippen molar-refractivity contribution in [3.63, 3.8) is 0 Å². The van der Waals surface area contributed by atoms with Gasteiger partial charge < -0.3 is 4.98 Å². The second-order valence-corrected chi connectivity index (χ2v) is 10.1. The maximum Gasteiger partial charge on any atom is 0.252 e. The van der Waals surface area contributed by atoms with E-state index in [2.05, 4.69) is 74.8 Å². The van der Waals surface area contributed by atoms with Gasteiger partial charge in [0.15, 0.2) is 5.82 Å². The van der Waals surface area contributed by atoms with E-state index in [0.717, 1.165) is 66.5 Å². The molecule has 7 nitrogen and oxygen atoms in total. The first-order valence-corrected chi connectivity index (χ1v) is 13.3. The number of aromatic nitrogens is 5. The van der Waals surface area contributed by atoms with Crippen LogP contribution in [0.4, 0.5) is 0 Å². The van der Waals surface area contributed by atoms with Crippen LogP contribution in [0.1, 0.15) is 74.0 Å². The second-order valence-electron chi connectivity index (χ2n) is 10.1. The molecule has 1 N–H and O–H groups in total. The van der Waals surface area contributed by atoms with Crippen LogP contribution < -0.4 is 5.56 Å². The fourth-order valence-electron chi connectivity index (χ4n) is 5.61. The van der Waals surface area contributed by atoms with Crippen LogP contribution in [0, 0.1) is 6.92 Å². The fourth-order valence-corrected chi connectivity index (χ4v) is 5.61. The number of rotatable bonds is 10. The molecule has 2 heterocycles. The van der Waals surface area contributed by atoms with E-state index < -0.39 is 0 Å². The molecule has 1 unspecified atom stereocenters. The van der Waals surface area contributed by atoms with Crippen molar-refractivity contribution in [1.82, 2.24) is 30.1 Å². The van der Waals surface area contributed by atoms with Crippen molar-refractivity contribution in [2.24, 2.45) is 0 Å². The van der Waals surface area contributed by atoms with Gasteiger partial charge in [0.2, 0.25) is 0 Å². The summed E-state index contributed by atoms with van der Waals surface area (Å²) >= 11 is 0. The first-order chi connectivity index (χ1) is 17.6. The Bertz CT molecular complexity index is 1340. The Balaban J connectivity index is 1.47. The van der Waals surface area contributed by atoms with E-state index >= 15 is 0 Å². The van der Waals surface area contributed by atoms with Crippen molar-refractivity contribution in [3.8, 4) is 0 Å². The summed E-state index contributed by atoms with van der Waals surface area (Å²) in [5.74, 6) is 0.910. The Morgan fingerprint density at radius 2 is 1.92 bits per heavy atom. The maximum atomic E-state index is 13.2. The SMILES string of the molecule is CCCC(c1nnnn1CCc1ccccc1)N(Cc1cc2ccc(C)cc2[nH]c1=O)C1CCCC1. The van der Waals surface area contributed by atoms with E-state index in [4.69, 9.17) is 0 Å². The summed E-state index contributed by atoms with van der Waals surface area (Å²) in [6, 6.07) is 19.3. The van der Waals surface area contributed by atoms with E-state index in [1.807, 2.05) is 23.7 Å². The minimum atomic E-state index is -0.00462. The molecule has 1 aliphatic rings. The van der Waals surface area contributed by atoms with Gasteiger partial charge in [0.1, 0.15) is 0 Å². The Labute approximate surface area is 212 Å². The van der Waals surface area contributed by atoms with Crippen LogP contribution in [-0.4, -0.2) is 36.1 Å². The van der Waals surface area contributed by atoms with Gasteiger partial charge in [0.25, 0.3) is 5.56 Å². The zero-order valence-corrected chi connectivity index (χ0v) is 21.4. The van der Waals surface area contributed by atoms with Crippen molar-refractivity contribution in [2.45, 2.75) is 84.0 Å². The third kappa shape index (κ3) is 5.41. The Hall–Kier alpha value is -3.32. The van der Waals surface area contributed by atoms with Gasteiger partial charge in [-0.05, 0) is 71.7 Å². The molecule has 0 spiro atoms. The number of hydrogen-bond acceptors (Lipinski definition) is 5. The van der Waals surface area contributed by atoms with Gasteiger partial charge in [-0.3, -0.25) is 9.69 Å². The number of nitrogens with zero attached hydrogens (tertiary/aromatic N) is 5. The number of hydrogen-bond donors (Lipinski definition) is 1. The van der Waals surface area contributed by atoms with Crippen molar-refractivity contribution >= 4 is 10.9 Å². The molecule has 0 amide bonds. The van der Waals surface area contributed by atoms with E-state index in [1.54, 1.807) is 0 Å². The van der Waals surface area contributed by atoms with Gasteiger partial charge >= 0.3 is 0 Å². The minimum absolute atomic E-state index is 0.00462. The molecule has 0 aliphatic heterocycles. The van der Waals surface area contributed by atoms with E-state index in [-0.39, 0.29) is 11.6 Å². The summed E-state index contributed by atoms with van der Waals surface area (Å²) < 4.78 is 1.97. The van der Waals surface area contributed by atoms with E-state index in [1.165, 1.54) is 18.4 Å². The summed E-state index contributed by atoms with van der Waals surface area (Å²) in [5.41, 5.74) is 4.12. The lowest BCUT2D eigenvalue weighted by Gasteiger charge is -2.35. The maximum absolute atomic E-state index is 13.2. The average Bonchev–Trinajstić information content (AvgIpc) is 3.58. The average molecular weight is 485 g/mol. The van der Waals surface area contributed by atoms with Gasteiger partial charge in [-0.1, -0.05) is 68.7 Å².